The molecule has 0 radical (unpaired) electrons. The Kier molecular flexibility index (Phi) is 7.39. The van der Waals surface area contributed by atoms with Gasteiger partial charge in [0, 0.05) is 24.6 Å². The van der Waals surface area contributed by atoms with E-state index < -0.39 is 15.8 Å². The van der Waals surface area contributed by atoms with Crippen LogP contribution in [0, 0.1) is 25.6 Å². The van der Waals surface area contributed by atoms with Gasteiger partial charge >= 0.3 is 0 Å². The van der Waals surface area contributed by atoms with Gasteiger partial charge < -0.3 is 9.84 Å². The molecule has 0 atom stereocenters. The molecule has 1 N–H and O–H groups in total. The van der Waals surface area contributed by atoms with E-state index >= 15 is 0 Å². The maximum atomic E-state index is 13.9. The van der Waals surface area contributed by atoms with Gasteiger partial charge in [0.25, 0.3) is 0 Å². The van der Waals surface area contributed by atoms with E-state index in [9.17, 15) is 17.6 Å². The Hall–Kier alpha value is -3.01. The van der Waals surface area contributed by atoms with Crippen molar-refractivity contribution in [2.75, 3.05) is 18.4 Å². The number of piperidine rings is 1. The molecule has 1 aromatic heterocycles. The van der Waals surface area contributed by atoms with Gasteiger partial charge in [0.2, 0.25) is 15.9 Å². The van der Waals surface area contributed by atoms with Crippen LogP contribution in [0.1, 0.15) is 35.4 Å². The summed E-state index contributed by atoms with van der Waals surface area (Å²) in [6, 6.07) is 11.5. The molecule has 1 saturated heterocycles. The summed E-state index contributed by atoms with van der Waals surface area (Å²) in [4.78, 5) is 12.7. The minimum absolute atomic E-state index is 0.0274. The van der Waals surface area contributed by atoms with Crippen LogP contribution in [0.5, 0.6) is 0 Å². The summed E-state index contributed by atoms with van der Waals surface area (Å²) in [5.74, 6) is -0.943. The highest BCUT2D eigenvalue weighted by atomic mass is 35.5. The average Bonchev–Trinajstić information content (AvgIpc) is 3.21. The highest BCUT2D eigenvalue weighted by molar-refractivity contribution is 7.89. The number of hydrogen-bond donors (Lipinski definition) is 1. The molecule has 0 spiro atoms. The lowest BCUT2D eigenvalue weighted by atomic mass is 9.97. The Morgan fingerprint density at radius 3 is 2.57 bits per heavy atom. The molecular weight excluding hydrogens is 493 g/mol. The van der Waals surface area contributed by atoms with Crippen LogP contribution in [0.15, 0.2) is 51.9 Å². The SMILES string of the molecule is Cc1ccc(NC(=O)C2CCN(S(=O)(=O)c3c(C)noc3C=Cc3ccccc3F)CC2)c(Cl)c1. The second-order valence-electron chi connectivity index (χ2n) is 8.47. The van der Waals surface area contributed by atoms with E-state index in [1.807, 2.05) is 13.0 Å². The van der Waals surface area contributed by atoms with Gasteiger partial charge in [-0.05, 0) is 62.6 Å². The number of sulfonamides is 1. The molecule has 1 aliphatic rings. The van der Waals surface area contributed by atoms with Crippen molar-refractivity contribution in [3.63, 3.8) is 0 Å². The van der Waals surface area contributed by atoms with Gasteiger partial charge in [-0.2, -0.15) is 4.31 Å². The molecule has 1 aliphatic heterocycles. The number of nitrogens with zero attached hydrogens (tertiary/aromatic N) is 2. The maximum absolute atomic E-state index is 13.9. The van der Waals surface area contributed by atoms with Crippen molar-refractivity contribution in [3.05, 3.63) is 75.9 Å². The fourth-order valence-electron chi connectivity index (χ4n) is 4.02. The second kappa shape index (κ2) is 10.3. The minimum atomic E-state index is -3.93. The number of hydrogen-bond acceptors (Lipinski definition) is 5. The first-order chi connectivity index (χ1) is 16.7. The van der Waals surface area contributed by atoms with Gasteiger partial charge in [-0.25, -0.2) is 12.8 Å². The Morgan fingerprint density at radius 2 is 1.89 bits per heavy atom. The van der Waals surface area contributed by atoms with E-state index in [1.54, 1.807) is 37.3 Å². The van der Waals surface area contributed by atoms with Crippen molar-refractivity contribution in [3.8, 4) is 0 Å². The molecule has 7 nitrogen and oxygen atoms in total. The second-order valence-corrected chi connectivity index (χ2v) is 10.7. The fraction of sp³-hybridized carbons (Fsp3) is 0.280. The third-order valence-electron chi connectivity index (χ3n) is 5.96. The molecule has 2 aromatic carbocycles. The van der Waals surface area contributed by atoms with Gasteiger partial charge in [0.1, 0.15) is 11.5 Å². The predicted octanol–water partition coefficient (Wildman–Crippen LogP) is 5.29. The first-order valence-corrected chi connectivity index (χ1v) is 12.9. The number of aryl methyl sites for hydroxylation is 2. The van der Waals surface area contributed by atoms with E-state index in [1.165, 1.54) is 22.5 Å². The van der Waals surface area contributed by atoms with Gasteiger partial charge in [0.15, 0.2) is 10.7 Å². The Morgan fingerprint density at radius 1 is 1.17 bits per heavy atom. The summed E-state index contributed by atoms with van der Waals surface area (Å²) in [5.41, 5.74) is 2.03. The first kappa shape index (κ1) is 25.1. The number of benzene rings is 2. The molecule has 10 heteroatoms. The predicted molar refractivity (Wildman–Crippen MR) is 133 cm³/mol. The summed E-state index contributed by atoms with van der Waals surface area (Å²) in [6.45, 7) is 3.79. The topological polar surface area (TPSA) is 92.5 Å². The monoisotopic (exact) mass is 517 g/mol. The van der Waals surface area contributed by atoms with E-state index in [-0.39, 0.29) is 41.3 Å². The first-order valence-electron chi connectivity index (χ1n) is 11.1. The maximum Gasteiger partial charge on any atom is 0.248 e. The number of rotatable bonds is 6. The molecule has 35 heavy (non-hydrogen) atoms. The Labute approximate surface area is 208 Å². The zero-order chi connectivity index (χ0) is 25.2. The van der Waals surface area contributed by atoms with Gasteiger partial charge in [-0.15, -0.1) is 0 Å². The van der Waals surface area contributed by atoms with E-state index in [4.69, 9.17) is 16.1 Å². The summed E-state index contributed by atoms with van der Waals surface area (Å²) < 4.78 is 47.3. The van der Waals surface area contributed by atoms with Crippen molar-refractivity contribution >= 4 is 45.4 Å². The van der Waals surface area contributed by atoms with Crippen molar-refractivity contribution in [1.82, 2.24) is 9.46 Å². The minimum Gasteiger partial charge on any atom is -0.355 e. The normalized spacial score (nSPS) is 15.5. The summed E-state index contributed by atoms with van der Waals surface area (Å²) in [5, 5.41) is 7.11. The van der Waals surface area contributed by atoms with E-state index in [2.05, 4.69) is 10.5 Å². The quantitative estimate of drug-likeness (QED) is 0.479. The number of anilines is 1. The van der Waals surface area contributed by atoms with Crippen LogP contribution in [-0.4, -0.2) is 36.9 Å². The van der Waals surface area contributed by atoms with Crippen LogP contribution >= 0.6 is 11.6 Å². The molecule has 4 rings (SSSR count). The van der Waals surface area contributed by atoms with Gasteiger partial charge in [-0.1, -0.05) is 41.0 Å². The Bertz CT molecular complexity index is 1380. The molecule has 184 valence electrons. The number of aromatic nitrogens is 1. The van der Waals surface area contributed by atoms with Crippen LogP contribution in [0.3, 0.4) is 0 Å². The summed E-state index contributed by atoms with van der Waals surface area (Å²) >= 11 is 6.21. The van der Waals surface area contributed by atoms with Crippen LogP contribution < -0.4 is 5.32 Å². The number of halogens is 2. The highest BCUT2D eigenvalue weighted by Crippen LogP contribution is 2.30. The highest BCUT2D eigenvalue weighted by Gasteiger charge is 2.36. The standard InChI is InChI=1S/C25H25ClFN3O4S/c1-16-7-9-22(20(26)15-16)28-25(31)19-11-13-30(14-12-19)35(32,33)24-17(2)29-34-23(24)10-8-18-5-3-4-6-21(18)27/h3-10,15,19H,11-14H2,1-2H3,(H,28,31). The van der Waals surface area contributed by atoms with E-state index in [0.717, 1.165) is 5.56 Å². The summed E-state index contributed by atoms with van der Waals surface area (Å²) in [6.07, 6.45) is 3.57. The van der Waals surface area contributed by atoms with Crippen LogP contribution in [0.2, 0.25) is 5.02 Å². The lowest BCUT2D eigenvalue weighted by molar-refractivity contribution is -0.120. The van der Waals surface area contributed by atoms with E-state index in [0.29, 0.717) is 29.1 Å². The molecule has 1 amide bonds. The molecule has 0 saturated carbocycles. The largest absolute Gasteiger partial charge is 0.355 e. The van der Waals surface area contributed by atoms with Gasteiger partial charge in [-0.3, -0.25) is 4.79 Å². The van der Waals surface area contributed by atoms with Crippen LogP contribution in [0.4, 0.5) is 10.1 Å². The smallest absolute Gasteiger partial charge is 0.248 e. The zero-order valence-corrected chi connectivity index (χ0v) is 20.9. The average molecular weight is 518 g/mol. The molecule has 2 heterocycles. The number of amides is 1. The molecule has 0 unspecified atom stereocenters. The molecule has 0 aliphatic carbocycles. The van der Waals surface area contributed by atoms with Crippen molar-refractivity contribution in [2.45, 2.75) is 31.6 Å². The van der Waals surface area contributed by atoms with Crippen LogP contribution in [-0.2, 0) is 14.8 Å². The third-order valence-corrected chi connectivity index (χ3v) is 8.33. The molecule has 1 fully saturated rings. The third kappa shape index (κ3) is 5.47. The van der Waals surface area contributed by atoms with Crippen LogP contribution in [0.25, 0.3) is 12.2 Å². The molecule has 0 bridgehead atoms. The fourth-order valence-corrected chi connectivity index (χ4v) is 6.02. The summed E-state index contributed by atoms with van der Waals surface area (Å²) in [7, 11) is -3.93. The Balaban J connectivity index is 1.46. The number of carbonyl (C=O) groups excluding carboxylic acids is 1. The number of nitrogens with one attached hydrogen (secondary N) is 1. The lowest BCUT2D eigenvalue weighted by Crippen LogP contribution is -2.41. The lowest BCUT2D eigenvalue weighted by Gasteiger charge is -2.30. The van der Waals surface area contributed by atoms with Crippen molar-refractivity contribution in [1.29, 1.82) is 0 Å². The van der Waals surface area contributed by atoms with Crippen molar-refractivity contribution in [2.24, 2.45) is 5.92 Å². The van der Waals surface area contributed by atoms with Gasteiger partial charge in [0.05, 0.1) is 10.7 Å². The zero-order valence-electron chi connectivity index (χ0n) is 19.3. The van der Waals surface area contributed by atoms with Crippen molar-refractivity contribution < 1.29 is 22.1 Å². The molecular formula is C25H25ClFN3O4S. The number of carbonyl (C=O) groups is 1. The molecule has 3 aromatic rings.